The first-order valence-electron chi connectivity index (χ1n) is 6.15. The highest BCUT2D eigenvalue weighted by atomic mass is 16.8. The summed E-state index contributed by atoms with van der Waals surface area (Å²) in [6, 6.07) is 1.26. The van der Waals surface area contributed by atoms with Crippen molar-refractivity contribution in [1.29, 1.82) is 0 Å². The first kappa shape index (κ1) is 15.8. The Morgan fingerprint density at radius 2 is 2.19 bits per heavy atom. The van der Waals surface area contributed by atoms with Crippen LogP contribution >= 0.6 is 0 Å². The van der Waals surface area contributed by atoms with Crippen molar-refractivity contribution in [3.63, 3.8) is 0 Å². The van der Waals surface area contributed by atoms with Gasteiger partial charge in [0.15, 0.2) is 0 Å². The maximum absolute atomic E-state index is 11.9. The first-order valence-corrected chi connectivity index (χ1v) is 6.15. The van der Waals surface area contributed by atoms with Gasteiger partial charge in [0.1, 0.15) is 24.4 Å². The average molecular weight is 300 g/mol. The molecule has 116 valence electrons. The molecule has 0 bridgehead atoms. The zero-order valence-corrected chi connectivity index (χ0v) is 10.9. The van der Waals surface area contributed by atoms with Gasteiger partial charge in [-0.05, 0) is 12.1 Å². The van der Waals surface area contributed by atoms with E-state index in [1.807, 2.05) is 0 Å². The molecule has 1 fully saturated rings. The van der Waals surface area contributed by atoms with Crippen LogP contribution in [0.2, 0.25) is 0 Å². The minimum Gasteiger partial charge on any atom is -0.403 e. The molecule has 1 saturated heterocycles. The molecule has 2 rings (SSSR count). The second-order valence-electron chi connectivity index (χ2n) is 4.61. The summed E-state index contributed by atoms with van der Waals surface area (Å²) in [6.45, 7) is -0.711. The number of nitrogens with two attached hydrogens (primary N) is 1. The van der Waals surface area contributed by atoms with Crippen molar-refractivity contribution in [1.82, 2.24) is 4.98 Å². The van der Waals surface area contributed by atoms with Crippen molar-refractivity contribution in [2.75, 3.05) is 6.61 Å². The summed E-state index contributed by atoms with van der Waals surface area (Å²) in [5.41, 5.74) is 5.56. The quantitative estimate of drug-likeness (QED) is 0.296. The smallest absolute Gasteiger partial charge is 0.346 e. The zero-order valence-electron chi connectivity index (χ0n) is 10.9. The van der Waals surface area contributed by atoms with E-state index >= 15 is 0 Å². The fraction of sp³-hybridized carbons (Fsp3) is 0.500. The van der Waals surface area contributed by atoms with Gasteiger partial charge in [-0.3, -0.25) is 4.98 Å². The van der Waals surface area contributed by atoms with Gasteiger partial charge in [0.25, 0.3) is 0 Å². The van der Waals surface area contributed by atoms with E-state index in [1.165, 1.54) is 24.5 Å². The number of hydrogen-bond donors (Lipinski definition) is 5. The number of pyridine rings is 1. The maximum Gasteiger partial charge on any atom is 0.346 e. The van der Waals surface area contributed by atoms with Crippen molar-refractivity contribution in [3.8, 4) is 0 Å². The van der Waals surface area contributed by atoms with E-state index in [2.05, 4.69) is 4.98 Å². The van der Waals surface area contributed by atoms with Crippen molar-refractivity contribution in [2.24, 2.45) is 5.73 Å². The highest BCUT2D eigenvalue weighted by Gasteiger charge is 2.54. The lowest BCUT2D eigenvalue weighted by Crippen LogP contribution is -2.69. The second-order valence-corrected chi connectivity index (χ2v) is 4.61. The average Bonchev–Trinajstić information content (AvgIpc) is 2.50. The van der Waals surface area contributed by atoms with Crippen molar-refractivity contribution in [3.05, 3.63) is 30.1 Å². The Morgan fingerprint density at radius 1 is 1.48 bits per heavy atom. The summed E-state index contributed by atoms with van der Waals surface area (Å²) in [5, 5.41) is 38.6. The van der Waals surface area contributed by atoms with Crippen LogP contribution in [0.4, 0.5) is 0 Å². The maximum atomic E-state index is 11.9. The standard InChI is InChI=1S/C12H16N2O7/c13-10-9(17)8(16)7(5-15)20-12(10,19)21-11(18)6-2-1-3-14-4-6/h1-4,7-10,15-17,19H,5,13H2/t7-,8-,9+,10-,12-/m1/s1. The van der Waals surface area contributed by atoms with Crippen LogP contribution in [0.25, 0.3) is 0 Å². The molecule has 1 aliphatic heterocycles. The second kappa shape index (κ2) is 6.02. The number of ether oxygens (including phenoxy) is 2. The lowest BCUT2D eigenvalue weighted by Gasteiger charge is -2.44. The van der Waals surface area contributed by atoms with Gasteiger partial charge < -0.3 is 35.6 Å². The number of nitrogens with zero attached hydrogens (tertiary/aromatic N) is 1. The van der Waals surface area contributed by atoms with Gasteiger partial charge in [0.2, 0.25) is 0 Å². The molecule has 0 amide bonds. The van der Waals surface area contributed by atoms with E-state index in [-0.39, 0.29) is 5.56 Å². The van der Waals surface area contributed by atoms with Crippen LogP contribution in [-0.4, -0.2) is 68.3 Å². The van der Waals surface area contributed by atoms with Crippen LogP contribution in [0, 0.1) is 0 Å². The van der Waals surface area contributed by atoms with Crippen molar-refractivity contribution >= 4 is 5.97 Å². The number of aliphatic hydroxyl groups is 4. The van der Waals surface area contributed by atoms with E-state index in [4.69, 9.17) is 20.3 Å². The van der Waals surface area contributed by atoms with Crippen LogP contribution in [-0.2, 0) is 9.47 Å². The lowest BCUT2D eigenvalue weighted by molar-refractivity contribution is -0.402. The molecule has 1 aromatic heterocycles. The summed E-state index contributed by atoms with van der Waals surface area (Å²) < 4.78 is 9.69. The summed E-state index contributed by atoms with van der Waals surface area (Å²) in [6.07, 6.45) is -1.89. The number of aromatic nitrogens is 1. The van der Waals surface area contributed by atoms with Gasteiger partial charge >= 0.3 is 11.9 Å². The van der Waals surface area contributed by atoms with Gasteiger partial charge in [0.05, 0.1) is 12.2 Å². The Labute approximate surface area is 119 Å². The summed E-state index contributed by atoms with van der Waals surface area (Å²) in [7, 11) is 0. The molecule has 0 saturated carbocycles. The van der Waals surface area contributed by atoms with Crippen molar-refractivity contribution in [2.45, 2.75) is 30.3 Å². The molecule has 9 heteroatoms. The number of carbonyl (C=O) groups excluding carboxylic acids is 1. The molecule has 1 aromatic rings. The molecule has 1 aliphatic rings. The van der Waals surface area contributed by atoms with Crippen LogP contribution in [0.1, 0.15) is 10.4 Å². The summed E-state index contributed by atoms with van der Waals surface area (Å²) in [4.78, 5) is 15.6. The van der Waals surface area contributed by atoms with Crippen LogP contribution in [0.5, 0.6) is 0 Å². The largest absolute Gasteiger partial charge is 0.403 e. The van der Waals surface area contributed by atoms with Crippen LogP contribution in [0.15, 0.2) is 24.5 Å². The number of hydrogen-bond acceptors (Lipinski definition) is 9. The molecule has 0 radical (unpaired) electrons. The predicted octanol–water partition coefficient (Wildman–Crippen LogP) is -2.68. The third-order valence-electron chi connectivity index (χ3n) is 3.16. The first-order chi connectivity index (χ1) is 9.89. The molecule has 5 atom stereocenters. The van der Waals surface area contributed by atoms with Gasteiger partial charge in [-0.15, -0.1) is 0 Å². The molecule has 0 aromatic carbocycles. The Hall–Kier alpha value is -1.62. The lowest BCUT2D eigenvalue weighted by atomic mass is 9.96. The van der Waals surface area contributed by atoms with Gasteiger partial charge in [-0.2, -0.15) is 0 Å². The Morgan fingerprint density at radius 3 is 2.76 bits per heavy atom. The number of rotatable bonds is 3. The molecule has 21 heavy (non-hydrogen) atoms. The highest BCUT2D eigenvalue weighted by molar-refractivity contribution is 5.89. The van der Waals surface area contributed by atoms with Gasteiger partial charge in [-0.1, -0.05) is 0 Å². The van der Waals surface area contributed by atoms with Crippen LogP contribution in [0.3, 0.4) is 0 Å². The Bertz CT molecular complexity index is 498. The molecule has 0 aliphatic carbocycles. The summed E-state index contributed by atoms with van der Waals surface area (Å²) in [5.74, 6) is -3.67. The highest BCUT2D eigenvalue weighted by Crippen LogP contribution is 2.28. The van der Waals surface area contributed by atoms with E-state index in [0.29, 0.717) is 0 Å². The molecular weight excluding hydrogens is 284 g/mol. The van der Waals surface area contributed by atoms with E-state index in [1.54, 1.807) is 0 Å². The van der Waals surface area contributed by atoms with E-state index in [0.717, 1.165) is 0 Å². The molecule has 9 nitrogen and oxygen atoms in total. The number of esters is 1. The minimum atomic E-state index is -2.68. The minimum absolute atomic E-state index is 0.0304. The van der Waals surface area contributed by atoms with Gasteiger partial charge in [0, 0.05) is 12.4 Å². The molecule has 2 heterocycles. The topological polar surface area (TPSA) is 155 Å². The molecule has 0 unspecified atom stereocenters. The monoisotopic (exact) mass is 300 g/mol. The SMILES string of the molecule is N[C@@H]1[C@@H](O)[C@H](O)[C@@H](CO)O[C@@]1(O)OC(=O)c1cccnc1. The van der Waals surface area contributed by atoms with E-state index in [9.17, 15) is 20.1 Å². The Kier molecular flexibility index (Phi) is 4.52. The molecule has 0 spiro atoms. The zero-order chi connectivity index (χ0) is 15.6. The van der Waals surface area contributed by atoms with Gasteiger partial charge in [-0.25, -0.2) is 4.79 Å². The fourth-order valence-electron chi connectivity index (χ4n) is 1.93. The normalized spacial score (nSPS) is 36.2. The number of carbonyl (C=O) groups is 1. The Balaban J connectivity index is 2.18. The third kappa shape index (κ3) is 3.02. The molecular formula is C12H16N2O7. The molecule has 6 N–H and O–H groups in total. The number of aliphatic hydroxyl groups excluding tert-OH is 3. The third-order valence-corrected chi connectivity index (χ3v) is 3.16. The predicted molar refractivity (Wildman–Crippen MR) is 66.6 cm³/mol. The van der Waals surface area contributed by atoms with Crippen LogP contribution < -0.4 is 5.73 Å². The fourth-order valence-corrected chi connectivity index (χ4v) is 1.93. The van der Waals surface area contributed by atoms with Crippen molar-refractivity contribution < 1.29 is 34.7 Å². The summed E-state index contributed by atoms with van der Waals surface area (Å²) >= 11 is 0. The van der Waals surface area contributed by atoms with E-state index < -0.39 is 42.9 Å².